The van der Waals surface area contributed by atoms with Crippen LogP contribution in [-0.2, 0) is 4.74 Å². The third kappa shape index (κ3) is 2.99. The van der Waals surface area contributed by atoms with E-state index in [9.17, 15) is 4.79 Å². The molecule has 4 heteroatoms. The number of hydrogen-bond acceptors (Lipinski definition) is 3. The fraction of sp³-hybridized carbons (Fsp3) is 0.214. The van der Waals surface area contributed by atoms with E-state index < -0.39 is 6.09 Å². The summed E-state index contributed by atoms with van der Waals surface area (Å²) in [6, 6.07) is 13.7. The summed E-state index contributed by atoms with van der Waals surface area (Å²) in [5.41, 5.74) is 0.766. The Morgan fingerprint density at radius 3 is 2.78 bits per heavy atom. The lowest BCUT2D eigenvalue weighted by Crippen LogP contribution is -2.20. The molecular formula is C14H16N2O2. The average Bonchev–Trinajstić information content (AvgIpc) is 2.39. The molecule has 94 valence electrons. The number of likely N-dealkylation sites (N-methyl/N-ethyl adjacent to an activating group) is 1. The lowest BCUT2D eigenvalue weighted by Gasteiger charge is -2.09. The van der Waals surface area contributed by atoms with Crippen LogP contribution in [0.3, 0.4) is 0 Å². The number of fused-ring (bicyclic) bond motifs is 1. The van der Waals surface area contributed by atoms with Crippen LogP contribution in [0.1, 0.15) is 0 Å². The molecule has 0 spiro atoms. The first-order valence-electron chi connectivity index (χ1n) is 5.87. The molecule has 18 heavy (non-hydrogen) atoms. The summed E-state index contributed by atoms with van der Waals surface area (Å²) in [5, 5.41) is 7.76. The normalized spacial score (nSPS) is 10.3. The van der Waals surface area contributed by atoms with E-state index in [4.69, 9.17) is 4.74 Å². The third-order valence-electron chi connectivity index (χ3n) is 2.61. The fourth-order valence-corrected chi connectivity index (χ4v) is 1.73. The largest absolute Gasteiger partial charge is 0.448 e. The SMILES string of the molecule is CNCCOC(=O)Nc1cccc2ccccc12. The van der Waals surface area contributed by atoms with Crippen LogP contribution in [0.5, 0.6) is 0 Å². The highest BCUT2D eigenvalue weighted by Crippen LogP contribution is 2.22. The summed E-state index contributed by atoms with van der Waals surface area (Å²) < 4.78 is 5.02. The second-order valence-corrected chi connectivity index (χ2v) is 3.89. The van der Waals surface area contributed by atoms with E-state index in [0.29, 0.717) is 13.2 Å². The number of ether oxygens (including phenoxy) is 1. The Balaban J connectivity index is 2.09. The molecule has 0 aliphatic heterocycles. The van der Waals surface area contributed by atoms with Crippen molar-refractivity contribution in [2.75, 3.05) is 25.5 Å². The minimum Gasteiger partial charge on any atom is -0.448 e. The van der Waals surface area contributed by atoms with Gasteiger partial charge >= 0.3 is 6.09 Å². The molecule has 0 saturated carbocycles. The third-order valence-corrected chi connectivity index (χ3v) is 2.61. The van der Waals surface area contributed by atoms with Gasteiger partial charge in [-0.2, -0.15) is 0 Å². The maximum atomic E-state index is 11.6. The van der Waals surface area contributed by atoms with Gasteiger partial charge < -0.3 is 10.1 Å². The van der Waals surface area contributed by atoms with Crippen molar-refractivity contribution >= 4 is 22.6 Å². The molecule has 2 N–H and O–H groups in total. The number of amides is 1. The first-order valence-corrected chi connectivity index (χ1v) is 5.87. The van der Waals surface area contributed by atoms with Gasteiger partial charge in [-0.15, -0.1) is 0 Å². The molecule has 0 atom stereocenters. The van der Waals surface area contributed by atoms with Crippen molar-refractivity contribution in [2.45, 2.75) is 0 Å². The second-order valence-electron chi connectivity index (χ2n) is 3.89. The Morgan fingerprint density at radius 1 is 1.17 bits per heavy atom. The van der Waals surface area contributed by atoms with Crippen molar-refractivity contribution in [1.29, 1.82) is 0 Å². The zero-order chi connectivity index (χ0) is 12.8. The average molecular weight is 244 g/mol. The molecule has 0 radical (unpaired) electrons. The van der Waals surface area contributed by atoms with Gasteiger partial charge in [0.05, 0.1) is 5.69 Å². The number of anilines is 1. The van der Waals surface area contributed by atoms with Crippen molar-refractivity contribution in [2.24, 2.45) is 0 Å². The first kappa shape index (κ1) is 12.4. The highest BCUT2D eigenvalue weighted by Gasteiger charge is 2.05. The first-order chi connectivity index (χ1) is 8.81. The van der Waals surface area contributed by atoms with Crippen molar-refractivity contribution in [3.8, 4) is 0 Å². The Kier molecular flexibility index (Phi) is 4.15. The van der Waals surface area contributed by atoms with Crippen LogP contribution >= 0.6 is 0 Å². The minimum absolute atomic E-state index is 0.354. The van der Waals surface area contributed by atoms with E-state index in [1.165, 1.54) is 0 Å². The van der Waals surface area contributed by atoms with Crippen molar-refractivity contribution < 1.29 is 9.53 Å². The Morgan fingerprint density at radius 2 is 1.94 bits per heavy atom. The molecule has 0 unspecified atom stereocenters. The van der Waals surface area contributed by atoms with E-state index in [0.717, 1.165) is 16.5 Å². The predicted molar refractivity (Wildman–Crippen MR) is 72.8 cm³/mol. The quantitative estimate of drug-likeness (QED) is 0.813. The molecule has 2 aromatic carbocycles. The monoisotopic (exact) mass is 244 g/mol. The summed E-state index contributed by atoms with van der Waals surface area (Å²) in [5.74, 6) is 0. The number of benzene rings is 2. The van der Waals surface area contributed by atoms with Gasteiger partial charge in [0, 0.05) is 11.9 Å². The summed E-state index contributed by atoms with van der Waals surface area (Å²) in [4.78, 5) is 11.6. The second kappa shape index (κ2) is 6.02. The molecule has 2 aromatic rings. The summed E-state index contributed by atoms with van der Waals surface area (Å²) in [7, 11) is 1.81. The van der Waals surface area contributed by atoms with Gasteiger partial charge in [0.15, 0.2) is 0 Å². The topological polar surface area (TPSA) is 50.4 Å². The van der Waals surface area contributed by atoms with Gasteiger partial charge in [-0.3, -0.25) is 5.32 Å². The van der Waals surface area contributed by atoms with E-state index in [1.807, 2.05) is 49.5 Å². The fourth-order valence-electron chi connectivity index (χ4n) is 1.73. The molecule has 0 aliphatic rings. The molecule has 0 bridgehead atoms. The highest BCUT2D eigenvalue weighted by atomic mass is 16.5. The van der Waals surface area contributed by atoms with E-state index in [2.05, 4.69) is 10.6 Å². The van der Waals surface area contributed by atoms with Crippen LogP contribution < -0.4 is 10.6 Å². The summed E-state index contributed by atoms with van der Waals surface area (Å²) in [6.07, 6.45) is -0.429. The number of carbonyl (C=O) groups is 1. The number of nitrogens with one attached hydrogen (secondary N) is 2. The molecule has 2 rings (SSSR count). The van der Waals surface area contributed by atoms with Gasteiger partial charge in [-0.05, 0) is 18.5 Å². The highest BCUT2D eigenvalue weighted by molar-refractivity contribution is 6.00. The van der Waals surface area contributed by atoms with E-state index in [1.54, 1.807) is 0 Å². The molecule has 1 amide bonds. The summed E-state index contributed by atoms with van der Waals surface area (Å²) >= 11 is 0. The van der Waals surface area contributed by atoms with Crippen LogP contribution in [0.15, 0.2) is 42.5 Å². The van der Waals surface area contributed by atoms with Crippen LogP contribution in [0, 0.1) is 0 Å². The molecule has 4 nitrogen and oxygen atoms in total. The maximum Gasteiger partial charge on any atom is 0.411 e. The van der Waals surface area contributed by atoms with Crippen LogP contribution in [-0.4, -0.2) is 26.3 Å². The zero-order valence-electron chi connectivity index (χ0n) is 10.3. The van der Waals surface area contributed by atoms with Gasteiger partial charge in [0.2, 0.25) is 0 Å². The van der Waals surface area contributed by atoms with Crippen molar-refractivity contribution in [3.63, 3.8) is 0 Å². The standard InChI is InChI=1S/C14H16N2O2/c1-15-9-10-18-14(17)16-13-8-4-6-11-5-2-3-7-12(11)13/h2-8,15H,9-10H2,1H3,(H,16,17). The maximum absolute atomic E-state index is 11.6. The van der Waals surface area contributed by atoms with Crippen molar-refractivity contribution in [3.05, 3.63) is 42.5 Å². The summed E-state index contributed by atoms with van der Waals surface area (Å²) in [6.45, 7) is 0.996. The van der Waals surface area contributed by atoms with E-state index in [-0.39, 0.29) is 0 Å². The molecule has 0 fully saturated rings. The van der Waals surface area contributed by atoms with Gasteiger partial charge in [-0.1, -0.05) is 36.4 Å². The molecule has 0 aromatic heterocycles. The van der Waals surface area contributed by atoms with Crippen molar-refractivity contribution in [1.82, 2.24) is 5.32 Å². The minimum atomic E-state index is -0.429. The Bertz CT molecular complexity index is 535. The van der Waals surface area contributed by atoms with Crippen LogP contribution in [0.2, 0.25) is 0 Å². The van der Waals surface area contributed by atoms with Gasteiger partial charge in [0.25, 0.3) is 0 Å². The van der Waals surface area contributed by atoms with Gasteiger partial charge in [0.1, 0.15) is 6.61 Å². The molecular weight excluding hydrogens is 228 g/mol. The van der Waals surface area contributed by atoms with Gasteiger partial charge in [-0.25, -0.2) is 4.79 Å². The van der Waals surface area contributed by atoms with E-state index >= 15 is 0 Å². The zero-order valence-corrected chi connectivity index (χ0v) is 10.3. The lowest BCUT2D eigenvalue weighted by atomic mass is 10.1. The Hall–Kier alpha value is -2.07. The molecule has 0 aliphatic carbocycles. The predicted octanol–water partition coefficient (Wildman–Crippen LogP) is 2.61. The Labute approximate surface area is 106 Å². The number of hydrogen-bond donors (Lipinski definition) is 2. The molecule has 0 heterocycles. The van der Waals surface area contributed by atoms with Crippen LogP contribution in [0.4, 0.5) is 10.5 Å². The lowest BCUT2D eigenvalue weighted by molar-refractivity contribution is 0.163. The van der Waals surface area contributed by atoms with Crippen LogP contribution in [0.25, 0.3) is 10.8 Å². The number of rotatable bonds is 4. The molecule has 0 saturated heterocycles. The number of carbonyl (C=O) groups excluding carboxylic acids is 1. The smallest absolute Gasteiger partial charge is 0.411 e.